The van der Waals surface area contributed by atoms with Crippen LogP contribution in [0.25, 0.3) is 6.08 Å². The molecule has 2 aromatic carbocycles. The smallest absolute Gasteiger partial charge is 0.338 e. The van der Waals surface area contributed by atoms with Crippen molar-refractivity contribution in [1.29, 1.82) is 0 Å². The van der Waals surface area contributed by atoms with Gasteiger partial charge >= 0.3 is 5.97 Å². The van der Waals surface area contributed by atoms with Gasteiger partial charge in [0.1, 0.15) is 23.3 Å². The first-order chi connectivity index (χ1) is 17.8. The van der Waals surface area contributed by atoms with Crippen LogP contribution < -0.4 is 24.4 Å². The van der Waals surface area contributed by atoms with Gasteiger partial charge in [0, 0.05) is 5.56 Å². The third kappa shape index (κ3) is 5.21. The van der Waals surface area contributed by atoms with Crippen LogP contribution in [0.1, 0.15) is 43.9 Å². The van der Waals surface area contributed by atoms with Gasteiger partial charge < -0.3 is 19.3 Å². The molecule has 3 aromatic rings. The Hall–Kier alpha value is -3.37. The lowest BCUT2D eigenvalue weighted by Gasteiger charge is -2.27. The average Bonchev–Trinajstić information content (AvgIpc) is 3.19. The molecule has 1 atom stereocenters. The van der Waals surface area contributed by atoms with Crippen LogP contribution in [-0.2, 0) is 9.53 Å². The maximum atomic E-state index is 13.9. The molecule has 8 nitrogen and oxygen atoms in total. The summed E-state index contributed by atoms with van der Waals surface area (Å²) in [5.41, 5.74) is 1.90. The Labute approximate surface area is 226 Å². The van der Waals surface area contributed by atoms with Crippen molar-refractivity contribution in [3.8, 4) is 17.2 Å². The predicted molar refractivity (Wildman–Crippen MR) is 145 cm³/mol. The molecule has 0 bridgehead atoms. The lowest BCUT2D eigenvalue weighted by atomic mass is 9.93. The van der Waals surface area contributed by atoms with Gasteiger partial charge in [0.05, 0.1) is 41.1 Å². The second-order valence-corrected chi connectivity index (χ2v) is 10.1. The molecule has 0 unspecified atom stereocenters. The number of aromatic hydroxyl groups is 1. The Bertz CT molecular complexity index is 1560. The molecule has 4 rings (SSSR count). The number of phenols is 1. The molecule has 1 aromatic heterocycles. The molecule has 0 radical (unpaired) electrons. The number of thiazole rings is 1. The molecule has 0 aliphatic carbocycles. The molecule has 1 aliphatic heterocycles. The van der Waals surface area contributed by atoms with E-state index >= 15 is 0 Å². The van der Waals surface area contributed by atoms with Crippen molar-refractivity contribution >= 4 is 39.3 Å². The number of halogens is 1. The molecule has 1 aliphatic rings. The number of methoxy groups -OCH3 is 2. The zero-order valence-electron chi connectivity index (χ0n) is 20.9. The number of hydrogen-bond acceptors (Lipinski definition) is 8. The van der Waals surface area contributed by atoms with E-state index in [9.17, 15) is 14.7 Å². The first-order valence-electron chi connectivity index (χ1n) is 11.7. The van der Waals surface area contributed by atoms with Crippen molar-refractivity contribution in [3.05, 3.63) is 83.0 Å². The van der Waals surface area contributed by atoms with Crippen LogP contribution in [-0.4, -0.2) is 36.5 Å². The van der Waals surface area contributed by atoms with Gasteiger partial charge in [0.25, 0.3) is 5.56 Å². The van der Waals surface area contributed by atoms with E-state index in [-0.39, 0.29) is 17.9 Å². The summed E-state index contributed by atoms with van der Waals surface area (Å²) >= 11 is 4.55. The predicted octanol–water partition coefficient (Wildman–Crippen LogP) is 4.06. The SMILES string of the molecule is CCCC1=C(C(=O)OCC)[C@@H](c2cc(OC)ccc2OC)n2c(s/c(=C\c3ccc(O)c(Br)c3)c2=O)=N1. The zero-order chi connectivity index (χ0) is 26.7. The lowest BCUT2D eigenvalue weighted by molar-refractivity contribution is -0.139. The number of allylic oxidation sites excluding steroid dienone is 1. The van der Waals surface area contributed by atoms with Crippen LogP contribution in [0.4, 0.5) is 0 Å². The van der Waals surface area contributed by atoms with Crippen LogP contribution in [0.5, 0.6) is 17.2 Å². The van der Waals surface area contributed by atoms with Crippen molar-refractivity contribution in [2.75, 3.05) is 20.8 Å². The number of hydrogen-bond donors (Lipinski definition) is 1. The monoisotopic (exact) mass is 586 g/mol. The number of rotatable bonds is 8. The first kappa shape index (κ1) is 26.7. The van der Waals surface area contributed by atoms with E-state index in [1.165, 1.54) is 15.9 Å². The van der Waals surface area contributed by atoms with E-state index in [4.69, 9.17) is 19.2 Å². The van der Waals surface area contributed by atoms with Crippen molar-refractivity contribution in [2.24, 2.45) is 4.99 Å². The third-order valence-electron chi connectivity index (χ3n) is 5.89. The summed E-state index contributed by atoms with van der Waals surface area (Å²) in [5, 5.41) is 9.84. The molecule has 1 N–H and O–H groups in total. The zero-order valence-corrected chi connectivity index (χ0v) is 23.3. The van der Waals surface area contributed by atoms with Crippen molar-refractivity contribution < 1.29 is 24.1 Å². The fourth-order valence-corrected chi connectivity index (χ4v) is 5.65. The summed E-state index contributed by atoms with van der Waals surface area (Å²) in [4.78, 5) is 32.5. The lowest BCUT2D eigenvalue weighted by Crippen LogP contribution is -2.40. The van der Waals surface area contributed by atoms with E-state index in [0.717, 1.165) is 12.0 Å². The second kappa shape index (κ2) is 11.4. The van der Waals surface area contributed by atoms with Gasteiger partial charge in [-0.1, -0.05) is 30.7 Å². The molecular weight excluding hydrogens is 560 g/mol. The summed E-state index contributed by atoms with van der Waals surface area (Å²) in [6, 6.07) is 9.45. The minimum absolute atomic E-state index is 0.104. The van der Waals surface area contributed by atoms with Crippen molar-refractivity contribution in [3.63, 3.8) is 0 Å². The van der Waals surface area contributed by atoms with E-state index in [1.54, 1.807) is 63.6 Å². The Morgan fingerprint density at radius 3 is 2.62 bits per heavy atom. The average molecular weight is 587 g/mol. The third-order valence-corrected chi connectivity index (χ3v) is 7.51. The summed E-state index contributed by atoms with van der Waals surface area (Å²) in [6.45, 7) is 3.93. The van der Waals surface area contributed by atoms with Gasteiger partial charge in [-0.3, -0.25) is 9.36 Å². The molecule has 0 saturated carbocycles. The highest BCUT2D eigenvalue weighted by Crippen LogP contribution is 2.38. The van der Waals surface area contributed by atoms with Crippen LogP contribution in [0.2, 0.25) is 0 Å². The normalized spacial score (nSPS) is 15.3. The van der Waals surface area contributed by atoms with Crippen molar-refractivity contribution in [2.45, 2.75) is 32.7 Å². The van der Waals surface area contributed by atoms with Gasteiger partial charge in [-0.05, 0) is 71.2 Å². The molecule has 194 valence electrons. The van der Waals surface area contributed by atoms with E-state index in [1.807, 2.05) is 6.92 Å². The molecular formula is C27H27BrN2O6S. The van der Waals surface area contributed by atoms with Gasteiger partial charge in [-0.25, -0.2) is 9.79 Å². The molecule has 2 heterocycles. The summed E-state index contributed by atoms with van der Waals surface area (Å²) in [7, 11) is 3.09. The summed E-state index contributed by atoms with van der Waals surface area (Å²) < 4.78 is 19.0. The quantitative estimate of drug-likeness (QED) is 0.399. The number of phenolic OH excluding ortho intramolecular Hbond substituents is 1. The summed E-state index contributed by atoms with van der Waals surface area (Å²) in [5.74, 6) is 0.639. The van der Waals surface area contributed by atoms with Gasteiger partial charge in [-0.15, -0.1) is 0 Å². The minimum atomic E-state index is -0.824. The number of carbonyl (C=O) groups is 1. The second-order valence-electron chi connectivity index (χ2n) is 8.23. The molecule has 10 heteroatoms. The van der Waals surface area contributed by atoms with E-state index in [2.05, 4.69) is 15.9 Å². The van der Waals surface area contributed by atoms with Crippen LogP contribution >= 0.6 is 27.3 Å². The Kier molecular flexibility index (Phi) is 8.19. The van der Waals surface area contributed by atoms with E-state index in [0.29, 0.717) is 48.6 Å². The van der Waals surface area contributed by atoms with Gasteiger partial charge in [0.15, 0.2) is 4.80 Å². The number of nitrogens with zero attached hydrogens (tertiary/aromatic N) is 2. The standard InChI is InChI=1S/C27H27BrN2O6S/c1-5-7-19-23(26(33)36-6-2)24(17-14-16(34-3)9-11-21(17)35-4)30-25(32)22(37-27(30)29-19)13-15-8-10-20(31)18(28)12-15/h8-14,24,31H,5-7H2,1-4H3/b22-13-/t24-/m1/s1. The van der Waals surface area contributed by atoms with Crippen LogP contribution in [0, 0.1) is 0 Å². The maximum absolute atomic E-state index is 13.9. The Morgan fingerprint density at radius 2 is 1.97 bits per heavy atom. The number of benzene rings is 2. The molecule has 0 spiro atoms. The number of carbonyl (C=O) groups excluding carboxylic acids is 1. The van der Waals surface area contributed by atoms with Gasteiger partial charge in [0.2, 0.25) is 0 Å². The number of fused-ring (bicyclic) bond motifs is 1. The molecule has 37 heavy (non-hydrogen) atoms. The number of esters is 1. The fourth-order valence-electron chi connectivity index (χ4n) is 4.23. The molecule has 0 saturated heterocycles. The van der Waals surface area contributed by atoms with Crippen molar-refractivity contribution in [1.82, 2.24) is 4.57 Å². The Balaban J connectivity index is 2.05. The fraction of sp³-hybridized carbons (Fsp3) is 0.296. The maximum Gasteiger partial charge on any atom is 0.338 e. The summed E-state index contributed by atoms with van der Waals surface area (Å²) in [6.07, 6.45) is 3.02. The molecule has 0 fully saturated rings. The first-order valence-corrected chi connectivity index (χ1v) is 13.4. The Morgan fingerprint density at radius 1 is 1.19 bits per heavy atom. The highest BCUT2D eigenvalue weighted by atomic mass is 79.9. The number of aromatic nitrogens is 1. The highest BCUT2D eigenvalue weighted by Gasteiger charge is 2.36. The van der Waals surface area contributed by atoms with Crippen LogP contribution in [0.3, 0.4) is 0 Å². The largest absolute Gasteiger partial charge is 0.507 e. The molecule has 0 amide bonds. The topological polar surface area (TPSA) is 99.4 Å². The highest BCUT2D eigenvalue weighted by molar-refractivity contribution is 9.10. The number of ether oxygens (including phenoxy) is 3. The van der Waals surface area contributed by atoms with Gasteiger partial charge in [-0.2, -0.15) is 0 Å². The van der Waals surface area contributed by atoms with E-state index < -0.39 is 12.0 Å². The minimum Gasteiger partial charge on any atom is -0.507 e. The van der Waals surface area contributed by atoms with Crippen LogP contribution in [0.15, 0.2) is 61.9 Å².